The molecular weight excluding hydrogens is 250 g/mol. The van der Waals surface area contributed by atoms with E-state index in [4.69, 9.17) is 5.11 Å². The molecule has 1 amide bonds. The molecule has 0 bridgehead atoms. The molecule has 0 fully saturated rings. The van der Waals surface area contributed by atoms with Crippen LogP contribution < -0.4 is 5.32 Å². The number of amides is 1. The number of carboxylic acid groups (broad SMARTS) is 1. The highest BCUT2D eigenvalue weighted by Gasteiger charge is 2.24. The predicted molar refractivity (Wildman–Crippen MR) is 71.8 cm³/mol. The van der Waals surface area contributed by atoms with Crippen molar-refractivity contribution in [3.8, 4) is 0 Å². The van der Waals surface area contributed by atoms with Crippen molar-refractivity contribution in [3.05, 3.63) is 22.4 Å². The number of thiophene rings is 1. The summed E-state index contributed by atoms with van der Waals surface area (Å²) in [5.41, 5.74) is 0.922. The molecule has 1 unspecified atom stereocenters. The van der Waals surface area contributed by atoms with E-state index in [2.05, 4.69) is 5.32 Å². The molecule has 100 valence electrons. The minimum atomic E-state index is -0.977. The molecule has 0 aliphatic carbocycles. The number of rotatable bonds is 6. The van der Waals surface area contributed by atoms with Crippen molar-refractivity contribution in [1.82, 2.24) is 5.32 Å². The summed E-state index contributed by atoms with van der Waals surface area (Å²) in [5.74, 6) is -1.30. The number of carboxylic acids is 1. The standard InChI is InChI=1S/C13H19NO3S/c1-8(2)6-11(13(16)17)14-12(15)9(3)10-4-5-18-7-10/h4-5,7-9,11H,6H2,1-3H3,(H,14,15)(H,16,17)/t9?,11-/m0/s1. The second-order valence-electron chi connectivity index (χ2n) is 4.81. The van der Waals surface area contributed by atoms with Gasteiger partial charge in [-0.3, -0.25) is 4.79 Å². The van der Waals surface area contributed by atoms with Crippen LogP contribution in [0.3, 0.4) is 0 Å². The van der Waals surface area contributed by atoms with Crippen LogP contribution in [0.5, 0.6) is 0 Å². The molecule has 0 aliphatic rings. The Balaban J connectivity index is 2.64. The van der Waals surface area contributed by atoms with E-state index in [0.717, 1.165) is 5.56 Å². The molecule has 2 atom stereocenters. The zero-order valence-corrected chi connectivity index (χ0v) is 11.7. The van der Waals surface area contributed by atoms with E-state index in [9.17, 15) is 9.59 Å². The molecule has 1 rings (SSSR count). The molecule has 1 aromatic heterocycles. The average molecular weight is 269 g/mol. The van der Waals surface area contributed by atoms with Crippen LogP contribution in [0.1, 0.15) is 38.7 Å². The first-order chi connectivity index (χ1) is 8.41. The Bertz CT molecular complexity index is 400. The van der Waals surface area contributed by atoms with Crippen molar-refractivity contribution in [2.45, 2.75) is 39.2 Å². The van der Waals surface area contributed by atoms with Gasteiger partial charge in [0.25, 0.3) is 0 Å². The van der Waals surface area contributed by atoms with Crippen LogP contribution in [0, 0.1) is 5.92 Å². The van der Waals surface area contributed by atoms with Gasteiger partial charge in [-0.2, -0.15) is 11.3 Å². The maximum atomic E-state index is 12.0. The fraction of sp³-hybridized carbons (Fsp3) is 0.538. The Kier molecular flexibility index (Phi) is 5.34. The first-order valence-corrected chi connectivity index (χ1v) is 6.91. The smallest absolute Gasteiger partial charge is 0.326 e. The lowest BCUT2D eigenvalue weighted by atomic mass is 10.0. The van der Waals surface area contributed by atoms with Crippen molar-refractivity contribution in [2.75, 3.05) is 0 Å². The van der Waals surface area contributed by atoms with Crippen LogP contribution in [0.25, 0.3) is 0 Å². The van der Waals surface area contributed by atoms with Crippen molar-refractivity contribution in [1.29, 1.82) is 0 Å². The lowest BCUT2D eigenvalue weighted by Gasteiger charge is -2.18. The molecular formula is C13H19NO3S. The summed E-state index contributed by atoms with van der Waals surface area (Å²) in [4.78, 5) is 23.0. The van der Waals surface area contributed by atoms with Gasteiger partial charge in [-0.25, -0.2) is 4.79 Å². The van der Waals surface area contributed by atoms with Gasteiger partial charge < -0.3 is 10.4 Å². The summed E-state index contributed by atoms with van der Waals surface area (Å²) in [6, 6.07) is 1.08. The van der Waals surface area contributed by atoms with Crippen molar-refractivity contribution < 1.29 is 14.7 Å². The molecule has 0 saturated heterocycles. The summed E-state index contributed by atoms with van der Waals surface area (Å²) in [6.07, 6.45) is 0.442. The summed E-state index contributed by atoms with van der Waals surface area (Å²) in [7, 11) is 0. The second kappa shape index (κ2) is 6.54. The van der Waals surface area contributed by atoms with Crippen molar-refractivity contribution in [2.24, 2.45) is 5.92 Å². The molecule has 1 heterocycles. The Hall–Kier alpha value is -1.36. The van der Waals surface area contributed by atoms with E-state index in [0.29, 0.717) is 6.42 Å². The van der Waals surface area contributed by atoms with Gasteiger partial charge in [-0.15, -0.1) is 0 Å². The third kappa shape index (κ3) is 4.14. The number of aliphatic carboxylic acids is 1. The monoisotopic (exact) mass is 269 g/mol. The van der Waals surface area contributed by atoms with E-state index < -0.39 is 12.0 Å². The summed E-state index contributed by atoms with van der Waals surface area (Å²) >= 11 is 1.52. The topological polar surface area (TPSA) is 66.4 Å². The molecule has 0 aromatic carbocycles. The zero-order chi connectivity index (χ0) is 13.7. The van der Waals surface area contributed by atoms with Gasteiger partial charge in [0.15, 0.2) is 0 Å². The van der Waals surface area contributed by atoms with E-state index in [-0.39, 0.29) is 17.7 Å². The highest BCUT2D eigenvalue weighted by Crippen LogP contribution is 2.18. The molecule has 0 spiro atoms. The van der Waals surface area contributed by atoms with Crippen LogP contribution in [-0.4, -0.2) is 23.0 Å². The SMILES string of the molecule is CC(C)C[C@H](NC(=O)C(C)c1ccsc1)C(=O)O. The number of carbonyl (C=O) groups is 2. The van der Waals surface area contributed by atoms with Crippen LogP contribution >= 0.6 is 11.3 Å². The fourth-order valence-corrected chi connectivity index (χ4v) is 2.42. The maximum absolute atomic E-state index is 12.0. The quantitative estimate of drug-likeness (QED) is 0.833. The van der Waals surface area contributed by atoms with Crippen molar-refractivity contribution >= 4 is 23.2 Å². The summed E-state index contributed by atoms with van der Waals surface area (Å²) in [5, 5.41) is 15.5. The van der Waals surface area contributed by atoms with Crippen LogP contribution in [-0.2, 0) is 9.59 Å². The summed E-state index contributed by atoms with van der Waals surface area (Å²) in [6.45, 7) is 5.65. The van der Waals surface area contributed by atoms with E-state index in [1.807, 2.05) is 30.7 Å². The molecule has 4 nitrogen and oxygen atoms in total. The van der Waals surface area contributed by atoms with Crippen molar-refractivity contribution in [3.63, 3.8) is 0 Å². The van der Waals surface area contributed by atoms with E-state index in [1.165, 1.54) is 11.3 Å². The minimum absolute atomic E-state index is 0.225. The van der Waals surface area contributed by atoms with Gasteiger partial charge in [0.1, 0.15) is 6.04 Å². The van der Waals surface area contributed by atoms with Crippen LogP contribution in [0.2, 0.25) is 0 Å². The van der Waals surface area contributed by atoms with Gasteiger partial charge in [0, 0.05) is 0 Å². The average Bonchev–Trinajstić information content (AvgIpc) is 2.79. The highest BCUT2D eigenvalue weighted by atomic mass is 32.1. The predicted octanol–water partition coefficient (Wildman–Crippen LogP) is 2.47. The molecule has 1 aromatic rings. The third-order valence-electron chi connectivity index (χ3n) is 2.76. The number of hydrogen-bond donors (Lipinski definition) is 2. The first kappa shape index (κ1) is 14.7. The Labute approximate surface area is 111 Å². The molecule has 0 saturated carbocycles. The molecule has 0 aliphatic heterocycles. The van der Waals surface area contributed by atoms with Crippen LogP contribution in [0.4, 0.5) is 0 Å². The number of hydrogen-bond acceptors (Lipinski definition) is 3. The van der Waals surface area contributed by atoms with Gasteiger partial charge in [-0.1, -0.05) is 13.8 Å². The third-order valence-corrected chi connectivity index (χ3v) is 3.46. The molecule has 18 heavy (non-hydrogen) atoms. The Morgan fingerprint density at radius 1 is 1.39 bits per heavy atom. The highest BCUT2D eigenvalue weighted by molar-refractivity contribution is 7.08. The minimum Gasteiger partial charge on any atom is -0.480 e. The van der Waals surface area contributed by atoms with Crippen LogP contribution in [0.15, 0.2) is 16.8 Å². The number of nitrogens with one attached hydrogen (secondary N) is 1. The van der Waals surface area contributed by atoms with Gasteiger partial charge in [-0.05, 0) is 41.7 Å². The zero-order valence-electron chi connectivity index (χ0n) is 10.8. The van der Waals surface area contributed by atoms with E-state index in [1.54, 1.807) is 6.92 Å². The maximum Gasteiger partial charge on any atom is 0.326 e. The lowest BCUT2D eigenvalue weighted by molar-refractivity contribution is -0.142. The van der Waals surface area contributed by atoms with Gasteiger partial charge in [0.05, 0.1) is 5.92 Å². The van der Waals surface area contributed by atoms with Gasteiger partial charge in [0.2, 0.25) is 5.91 Å². The molecule has 0 radical (unpaired) electrons. The first-order valence-electron chi connectivity index (χ1n) is 5.97. The normalized spacial score (nSPS) is 14.2. The molecule has 2 N–H and O–H groups in total. The van der Waals surface area contributed by atoms with E-state index >= 15 is 0 Å². The molecule has 5 heteroatoms. The Morgan fingerprint density at radius 2 is 2.06 bits per heavy atom. The lowest BCUT2D eigenvalue weighted by Crippen LogP contribution is -2.43. The fourth-order valence-electron chi connectivity index (χ4n) is 1.66. The number of carbonyl (C=O) groups excluding carboxylic acids is 1. The largest absolute Gasteiger partial charge is 0.480 e. The Morgan fingerprint density at radius 3 is 2.50 bits per heavy atom. The van der Waals surface area contributed by atoms with Gasteiger partial charge >= 0.3 is 5.97 Å². The summed E-state index contributed by atoms with van der Waals surface area (Å²) < 4.78 is 0. The second-order valence-corrected chi connectivity index (χ2v) is 5.59.